The average molecular weight is 346 g/mol. The Morgan fingerprint density at radius 2 is 1.96 bits per heavy atom. The van der Waals surface area contributed by atoms with Crippen LogP contribution in [0.3, 0.4) is 0 Å². The first kappa shape index (κ1) is 16.0. The Hall–Kier alpha value is -3.48. The lowest BCUT2D eigenvalue weighted by molar-refractivity contribution is -0.118. The van der Waals surface area contributed by atoms with Gasteiger partial charge in [-0.15, -0.1) is 0 Å². The maximum absolute atomic E-state index is 11.9. The lowest BCUT2D eigenvalue weighted by atomic mass is 10.0. The highest BCUT2D eigenvalue weighted by atomic mass is 16.1. The lowest BCUT2D eigenvalue weighted by Crippen LogP contribution is -2.17. The number of hydrogen-bond acceptors (Lipinski definition) is 4. The van der Waals surface area contributed by atoms with Gasteiger partial charge in [-0.3, -0.25) is 15.0 Å². The fourth-order valence-corrected chi connectivity index (χ4v) is 2.75. The topological polar surface area (TPSA) is 99.4 Å². The highest BCUT2D eigenvalue weighted by Crippen LogP contribution is 2.30. The minimum Gasteiger partial charge on any atom is -0.326 e. The van der Waals surface area contributed by atoms with E-state index in [4.69, 9.17) is 0 Å². The summed E-state index contributed by atoms with van der Waals surface area (Å²) in [6, 6.07) is 13.6. The smallest absolute Gasteiger partial charge is 0.226 e. The molecule has 0 fully saturated rings. The normalized spacial score (nSPS) is 11.2. The van der Waals surface area contributed by atoms with E-state index in [0.717, 1.165) is 33.4 Å². The van der Waals surface area contributed by atoms with Crippen molar-refractivity contribution in [2.45, 2.75) is 13.8 Å². The van der Waals surface area contributed by atoms with Crippen molar-refractivity contribution in [3.05, 3.63) is 48.8 Å². The summed E-state index contributed by atoms with van der Waals surface area (Å²) >= 11 is 0. The summed E-state index contributed by atoms with van der Waals surface area (Å²) in [5.74, 6) is 0.548. The highest BCUT2D eigenvalue weighted by Gasteiger charge is 2.12. The third-order valence-corrected chi connectivity index (χ3v) is 4.16. The van der Waals surface area contributed by atoms with E-state index in [2.05, 4.69) is 30.7 Å². The van der Waals surface area contributed by atoms with Crippen molar-refractivity contribution in [2.24, 2.45) is 5.92 Å². The van der Waals surface area contributed by atoms with Crippen LogP contribution in [0.4, 0.5) is 5.69 Å². The summed E-state index contributed by atoms with van der Waals surface area (Å²) in [7, 11) is 0. The third kappa shape index (κ3) is 2.95. The Kier molecular flexibility index (Phi) is 3.96. The van der Waals surface area contributed by atoms with Crippen LogP contribution in [0.5, 0.6) is 0 Å². The Morgan fingerprint density at radius 3 is 2.73 bits per heavy atom. The van der Waals surface area contributed by atoms with Gasteiger partial charge in [-0.25, -0.2) is 4.98 Å². The number of carbonyl (C=O) groups excluding carboxylic acids is 1. The van der Waals surface area contributed by atoms with Crippen molar-refractivity contribution in [3.8, 4) is 22.6 Å². The summed E-state index contributed by atoms with van der Waals surface area (Å²) in [6.07, 6.45) is 1.55. The van der Waals surface area contributed by atoms with Crippen LogP contribution in [0.25, 0.3) is 33.5 Å². The number of H-pyrrole nitrogens is 2. The maximum atomic E-state index is 11.9. The molecule has 0 aliphatic carbocycles. The van der Waals surface area contributed by atoms with E-state index in [1.165, 1.54) is 0 Å². The van der Waals surface area contributed by atoms with Crippen molar-refractivity contribution in [2.75, 3.05) is 5.32 Å². The molecule has 0 aliphatic rings. The van der Waals surface area contributed by atoms with E-state index < -0.39 is 0 Å². The molecule has 0 atom stereocenters. The van der Waals surface area contributed by atoms with Crippen LogP contribution in [0.2, 0.25) is 0 Å². The van der Waals surface area contributed by atoms with E-state index in [-0.39, 0.29) is 11.8 Å². The standard InChI is InChI=1S/C19H18N6O/c1-11(2)19(26)22-14-5-3-4-12(8-14)17-15-9-13(18-20-10-21-25-18)6-7-16(15)23-24-17/h3-11H,1-2H3,(H,22,26)(H,23,24)(H,20,21,25). The van der Waals surface area contributed by atoms with E-state index in [9.17, 15) is 4.79 Å². The van der Waals surface area contributed by atoms with Gasteiger partial charge in [0.2, 0.25) is 5.91 Å². The van der Waals surface area contributed by atoms with Crippen LogP contribution in [-0.4, -0.2) is 31.3 Å². The molecule has 0 saturated heterocycles. The molecule has 3 N–H and O–H groups in total. The number of amides is 1. The van der Waals surface area contributed by atoms with Gasteiger partial charge in [0.1, 0.15) is 6.33 Å². The quantitative estimate of drug-likeness (QED) is 0.525. The number of aromatic nitrogens is 5. The molecule has 130 valence electrons. The Balaban J connectivity index is 1.75. The van der Waals surface area contributed by atoms with Crippen LogP contribution in [0.15, 0.2) is 48.8 Å². The first-order valence-electron chi connectivity index (χ1n) is 8.37. The largest absolute Gasteiger partial charge is 0.326 e. The predicted molar refractivity (Wildman–Crippen MR) is 100 cm³/mol. The van der Waals surface area contributed by atoms with Gasteiger partial charge >= 0.3 is 0 Å². The summed E-state index contributed by atoms with van der Waals surface area (Å²) in [5.41, 5.74) is 4.33. The van der Waals surface area contributed by atoms with Gasteiger partial charge in [-0.1, -0.05) is 26.0 Å². The second-order valence-corrected chi connectivity index (χ2v) is 6.38. The van der Waals surface area contributed by atoms with Gasteiger partial charge in [0.25, 0.3) is 0 Å². The molecular weight excluding hydrogens is 328 g/mol. The van der Waals surface area contributed by atoms with Gasteiger partial charge in [-0.05, 0) is 30.3 Å². The number of carbonyl (C=O) groups is 1. The van der Waals surface area contributed by atoms with Gasteiger partial charge < -0.3 is 5.32 Å². The molecule has 1 amide bonds. The summed E-state index contributed by atoms with van der Waals surface area (Å²) < 4.78 is 0. The second kappa shape index (κ2) is 6.44. The molecule has 26 heavy (non-hydrogen) atoms. The van der Waals surface area contributed by atoms with E-state index in [1.807, 2.05) is 56.3 Å². The third-order valence-electron chi connectivity index (χ3n) is 4.16. The Labute approximate surface area is 149 Å². The van der Waals surface area contributed by atoms with Crippen molar-refractivity contribution < 1.29 is 4.79 Å². The number of rotatable bonds is 4. The monoisotopic (exact) mass is 346 g/mol. The van der Waals surface area contributed by atoms with Crippen molar-refractivity contribution in [1.82, 2.24) is 25.4 Å². The zero-order valence-corrected chi connectivity index (χ0v) is 14.4. The van der Waals surface area contributed by atoms with Gasteiger partial charge in [0, 0.05) is 28.1 Å². The molecular formula is C19H18N6O. The number of fused-ring (bicyclic) bond motifs is 1. The fraction of sp³-hybridized carbons (Fsp3) is 0.158. The molecule has 0 radical (unpaired) electrons. The number of anilines is 1. The summed E-state index contributed by atoms with van der Waals surface area (Å²) in [4.78, 5) is 16.1. The van der Waals surface area contributed by atoms with Gasteiger partial charge in [0.15, 0.2) is 5.82 Å². The summed E-state index contributed by atoms with van der Waals surface area (Å²) in [6.45, 7) is 3.73. The van der Waals surface area contributed by atoms with Crippen LogP contribution in [0.1, 0.15) is 13.8 Å². The molecule has 7 heteroatoms. The molecule has 0 spiro atoms. The molecule has 7 nitrogen and oxygen atoms in total. The van der Waals surface area contributed by atoms with Crippen molar-refractivity contribution >= 4 is 22.5 Å². The van der Waals surface area contributed by atoms with E-state index in [0.29, 0.717) is 5.82 Å². The van der Waals surface area contributed by atoms with Crippen LogP contribution >= 0.6 is 0 Å². The molecule has 0 saturated carbocycles. The molecule has 4 rings (SSSR count). The fourth-order valence-electron chi connectivity index (χ4n) is 2.75. The van der Waals surface area contributed by atoms with Crippen LogP contribution in [0, 0.1) is 5.92 Å². The minimum absolute atomic E-state index is 0.0130. The number of hydrogen-bond donors (Lipinski definition) is 3. The Morgan fingerprint density at radius 1 is 1.08 bits per heavy atom. The second-order valence-electron chi connectivity index (χ2n) is 6.38. The van der Waals surface area contributed by atoms with Crippen molar-refractivity contribution in [1.29, 1.82) is 0 Å². The van der Waals surface area contributed by atoms with Crippen LogP contribution < -0.4 is 5.32 Å². The number of benzene rings is 2. The first-order valence-corrected chi connectivity index (χ1v) is 8.37. The molecule has 0 aliphatic heterocycles. The van der Waals surface area contributed by atoms with Crippen LogP contribution in [-0.2, 0) is 4.79 Å². The summed E-state index contributed by atoms with van der Waals surface area (Å²) in [5, 5.41) is 18.3. The molecule has 0 bridgehead atoms. The molecule has 2 aromatic carbocycles. The zero-order chi connectivity index (χ0) is 18.1. The number of nitrogens with one attached hydrogen (secondary N) is 3. The minimum atomic E-state index is -0.0752. The molecule has 4 aromatic rings. The SMILES string of the molecule is CC(C)C(=O)Nc1cccc(-c2n[nH]c3ccc(-c4nc[nH]n4)cc23)c1. The predicted octanol–water partition coefficient (Wildman–Crippen LogP) is 3.61. The van der Waals surface area contributed by atoms with E-state index in [1.54, 1.807) is 6.33 Å². The lowest BCUT2D eigenvalue weighted by Gasteiger charge is -2.08. The number of aromatic amines is 2. The average Bonchev–Trinajstić information content (AvgIpc) is 3.31. The molecule has 2 heterocycles. The molecule has 0 unspecified atom stereocenters. The maximum Gasteiger partial charge on any atom is 0.226 e. The highest BCUT2D eigenvalue weighted by molar-refractivity contribution is 5.97. The van der Waals surface area contributed by atoms with E-state index >= 15 is 0 Å². The van der Waals surface area contributed by atoms with Crippen molar-refractivity contribution in [3.63, 3.8) is 0 Å². The Bertz CT molecular complexity index is 1060. The van der Waals surface area contributed by atoms with Gasteiger partial charge in [-0.2, -0.15) is 10.2 Å². The molecule has 2 aromatic heterocycles. The first-order chi connectivity index (χ1) is 12.6. The number of nitrogens with zero attached hydrogens (tertiary/aromatic N) is 3. The zero-order valence-electron chi connectivity index (χ0n) is 14.4. The van der Waals surface area contributed by atoms with Gasteiger partial charge in [0.05, 0.1) is 11.2 Å².